The summed E-state index contributed by atoms with van der Waals surface area (Å²) in [6.07, 6.45) is 0.108. The van der Waals surface area contributed by atoms with E-state index in [1.807, 2.05) is 0 Å². The maximum atomic E-state index is 12.5. The number of anilines is 1. The second-order valence-corrected chi connectivity index (χ2v) is 8.64. The van der Waals surface area contributed by atoms with Gasteiger partial charge in [0.2, 0.25) is 10.0 Å². The first kappa shape index (κ1) is 18.8. The highest BCUT2D eigenvalue weighted by molar-refractivity contribution is 7.92. The van der Waals surface area contributed by atoms with Crippen molar-refractivity contribution in [3.8, 4) is 5.75 Å². The number of sulfonamides is 1. The van der Waals surface area contributed by atoms with E-state index in [9.17, 15) is 13.2 Å². The van der Waals surface area contributed by atoms with Gasteiger partial charge in [-0.3, -0.25) is 9.10 Å². The van der Waals surface area contributed by atoms with Crippen molar-refractivity contribution in [3.63, 3.8) is 0 Å². The van der Waals surface area contributed by atoms with E-state index < -0.39 is 22.0 Å². The zero-order valence-electron chi connectivity index (χ0n) is 13.8. The average Bonchev–Trinajstić information content (AvgIpc) is 2.59. The van der Waals surface area contributed by atoms with Gasteiger partial charge in [-0.05, 0) is 35.9 Å². The van der Waals surface area contributed by atoms with Crippen molar-refractivity contribution in [1.29, 1.82) is 0 Å². The third-order valence-electron chi connectivity index (χ3n) is 3.86. The van der Waals surface area contributed by atoms with E-state index in [0.717, 1.165) is 16.1 Å². The smallest absolute Gasteiger partial charge is 0.263 e. The number of hydrogen-bond donors (Lipinski definition) is 1. The first-order valence-corrected chi connectivity index (χ1v) is 10.3. The summed E-state index contributed by atoms with van der Waals surface area (Å²) in [5.41, 5.74) is 1.19. The summed E-state index contributed by atoms with van der Waals surface area (Å²) in [7, 11) is -3.59. The lowest BCUT2D eigenvalue weighted by molar-refractivity contribution is -0.127. The first-order valence-electron chi connectivity index (χ1n) is 7.70. The molecule has 0 spiro atoms. The molecular formula is C17H16Cl2N2O4S. The fourth-order valence-corrected chi connectivity index (χ4v) is 3.78. The Labute approximate surface area is 161 Å². The second-order valence-electron chi connectivity index (χ2n) is 5.86. The van der Waals surface area contributed by atoms with Gasteiger partial charge in [0.25, 0.3) is 5.91 Å². The molecule has 1 amide bonds. The summed E-state index contributed by atoms with van der Waals surface area (Å²) < 4.78 is 31.1. The zero-order chi connectivity index (χ0) is 18.9. The molecule has 2 aromatic rings. The maximum Gasteiger partial charge on any atom is 0.263 e. The van der Waals surface area contributed by atoms with Crippen LogP contribution in [0.3, 0.4) is 0 Å². The Hall–Kier alpha value is -1.96. The molecule has 2 aromatic carbocycles. The molecule has 9 heteroatoms. The Balaban J connectivity index is 1.77. The molecular weight excluding hydrogens is 399 g/mol. The van der Waals surface area contributed by atoms with Gasteiger partial charge in [-0.1, -0.05) is 35.3 Å². The highest BCUT2D eigenvalue weighted by Crippen LogP contribution is 2.37. The topological polar surface area (TPSA) is 75.7 Å². The lowest BCUT2D eigenvalue weighted by Crippen LogP contribution is -2.50. The SMILES string of the molecule is CS(=O)(=O)N1CC(C(=O)NCc2ccc(Cl)cc2)Oc2ccc(Cl)cc21. The van der Waals surface area contributed by atoms with Crippen LogP contribution in [0.15, 0.2) is 42.5 Å². The minimum Gasteiger partial charge on any atom is -0.476 e. The summed E-state index contributed by atoms with van der Waals surface area (Å²) in [6.45, 7) is 0.154. The van der Waals surface area contributed by atoms with E-state index in [0.29, 0.717) is 15.7 Å². The van der Waals surface area contributed by atoms with Gasteiger partial charge in [-0.15, -0.1) is 0 Å². The first-order chi connectivity index (χ1) is 12.2. The van der Waals surface area contributed by atoms with Gasteiger partial charge in [0.1, 0.15) is 5.75 Å². The minimum atomic E-state index is -3.59. The summed E-state index contributed by atoms with van der Waals surface area (Å²) in [5, 5.41) is 3.74. The Morgan fingerprint density at radius 3 is 2.50 bits per heavy atom. The number of rotatable bonds is 4. The third-order valence-corrected chi connectivity index (χ3v) is 5.50. The van der Waals surface area contributed by atoms with Crippen LogP contribution in [0.4, 0.5) is 5.69 Å². The number of halogens is 2. The highest BCUT2D eigenvalue weighted by atomic mass is 35.5. The molecule has 138 valence electrons. The highest BCUT2D eigenvalue weighted by Gasteiger charge is 2.35. The van der Waals surface area contributed by atoms with E-state index in [-0.39, 0.29) is 18.8 Å². The van der Waals surface area contributed by atoms with Crippen molar-refractivity contribution >= 4 is 44.8 Å². The number of ether oxygens (including phenoxy) is 1. The summed E-state index contributed by atoms with van der Waals surface area (Å²) >= 11 is 11.8. The number of fused-ring (bicyclic) bond motifs is 1. The maximum absolute atomic E-state index is 12.5. The fraction of sp³-hybridized carbons (Fsp3) is 0.235. The van der Waals surface area contributed by atoms with Crippen molar-refractivity contribution in [1.82, 2.24) is 5.32 Å². The third kappa shape index (κ3) is 4.23. The van der Waals surface area contributed by atoms with Crippen LogP contribution >= 0.6 is 23.2 Å². The molecule has 0 aromatic heterocycles. The quantitative estimate of drug-likeness (QED) is 0.834. The Morgan fingerprint density at radius 2 is 1.85 bits per heavy atom. The van der Waals surface area contributed by atoms with Crippen LogP contribution in [0.25, 0.3) is 0 Å². The van der Waals surface area contributed by atoms with Crippen molar-refractivity contribution in [2.24, 2.45) is 0 Å². The number of carbonyl (C=O) groups excluding carboxylic acids is 1. The molecule has 0 bridgehead atoms. The lowest BCUT2D eigenvalue weighted by atomic mass is 10.2. The van der Waals surface area contributed by atoms with Crippen LogP contribution in [0.5, 0.6) is 5.75 Å². The van der Waals surface area contributed by atoms with Gasteiger partial charge in [-0.25, -0.2) is 8.42 Å². The van der Waals surface area contributed by atoms with E-state index in [2.05, 4.69) is 5.32 Å². The number of carbonyl (C=O) groups is 1. The molecule has 0 saturated heterocycles. The van der Waals surface area contributed by atoms with Crippen molar-refractivity contribution in [3.05, 3.63) is 58.1 Å². The zero-order valence-corrected chi connectivity index (χ0v) is 16.1. The van der Waals surface area contributed by atoms with Gasteiger partial charge in [0.15, 0.2) is 6.10 Å². The van der Waals surface area contributed by atoms with Gasteiger partial charge < -0.3 is 10.1 Å². The average molecular weight is 415 g/mol. The van der Waals surface area contributed by atoms with Crippen molar-refractivity contribution in [2.75, 3.05) is 17.1 Å². The molecule has 3 rings (SSSR count). The van der Waals surface area contributed by atoms with Crippen LogP contribution in [-0.2, 0) is 21.4 Å². The predicted octanol–water partition coefficient (Wildman–Crippen LogP) is 2.84. The van der Waals surface area contributed by atoms with Gasteiger partial charge in [-0.2, -0.15) is 0 Å². The molecule has 1 aliphatic rings. The number of nitrogens with zero attached hydrogens (tertiary/aromatic N) is 1. The molecule has 6 nitrogen and oxygen atoms in total. The van der Waals surface area contributed by atoms with Crippen LogP contribution in [0.1, 0.15) is 5.56 Å². The van der Waals surface area contributed by atoms with Gasteiger partial charge in [0.05, 0.1) is 18.5 Å². The molecule has 1 N–H and O–H groups in total. The number of nitrogens with one attached hydrogen (secondary N) is 1. The fourth-order valence-electron chi connectivity index (χ4n) is 2.58. The Morgan fingerprint density at radius 1 is 1.19 bits per heavy atom. The number of amides is 1. The van der Waals surface area contributed by atoms with Crippen molar-refractivity contribution in [2.45, 2.75) is 12.6 Å². The van der Waals surface area contributed by atoms with E-state index >= 15 is 0 Å². The molecule has 0 aliphatic carbocycles. The summed E-state index contributed by atoms with van der Waals surface area (Å²) in [5.74, 6) is -0.119. The van der Waals surface area contributed by atoms with Crippen LogP contribution in [0.2, 0.25) is 10.0 Å². The monoisotopic (exact) mass is 414 g/mol. The predicted molar refractivity (Wildman–Crippen MR) is 101 cm³/mol. The van der Waals surface area contributed by atoms with Crippen LogP contribution < -0.4 is 14.4 Å². The molecule has 0 fully saturated rings. The molecule has 26 heavy (non-hydrogen) atoms. The van der Waals surface area contributed by atoms with Gasteiger partial charge in [0, 0.05) is 16.6 Å². The molecule has 0 radical (unpaired) electrons. The minimum absolute atomic E-state index is 0.126. The lowest BCUT2D eigenvalue weighted by Gasteiger charge is -2.34. The van der Waals surface area contributed by atoms with Crippen LogP contribution in [-0.4, -0.2) is 33.2 Å². The second kappa shape index (κ2) is 7.34. The number of benzene rings is 2. The number of hydrogen-bond acceptors (Lipinski definition) is 4. The van der Waals surface area contributed by atoms with E-state index in [1.54, 1.807) is 36.4 Å². The molecule has 1 heterocycles. The van der Waals surface area contributed by atoms with Crippen LogP contribution in [0, 0.1) is 0 Å². The molecule has 1 aliphatic heterocycles. The van der Waals surface area contributed by atoms with E-state index in [1.165, 1.54) is 6.07 Å². The normalized spacial score (nSPS) is 16.6. The molecule has 1 atom stereocenters. The standard InChI is InChI=1S/C17H16Cl2N2O4S/c1-26(23,24)21-10-16(25-15-7-6-13(19)8-14(15)21)17(22)20-9-11-2-4-12(18)5-3-11/h2-8,16H,9-10H2,1H3,(H,20,22). The molecule has 0 saturated carbocycles. The largest absolute Gasteiger partial charge is 0.476 e. The molecule has 1 unspecified atom stereocenters. The van der Waals surface area contributed by atoms with Gasteiger partial charge >= 0.3 is 0 Å². The summed E-state index contributed by atoms with van der Waals surface area (Å²) in [6, 6.07) is 11.7. The summed E-state index contributed by atoms with van der Waals surface area (Å²) in [4.78, 5) is 12.5. The Kier molecular flexibility index (Phi) is 5.32. The van der Waals surface area contributed by atoms with Crippen molar-refractivity contribution < 1.29 is 17.9 Å². The Bertz CT molecular complexity index is 932. The van der Waals surface area contributed by atoms with E-state index in [4.69, 9.17) is 27.9 Å².